The van der Waals surface area contributed by atoms with Crippen molar-refractivity contribution in [3.8, 4) is 5.75 Å². The fourth-order valence-electron chi connectivity index (χ4n) is 2.34. The first-order chi connectivity index (χ1) is 6.79. The van der Waals surface area contributed by atoms with Crippen LogP contribution in [0.25, 0.3) is 0 Å². The molecule has 1 aliphatic rings. The Morgan fingerprint density at radius 3 is 2.57 bits per heavy atom. The summed E-state index contributed by atoms with van der Waals surface area (Å²) in [6.45, 7) is 0. The summed E-state index contributed by atoms with van der Waals surface area (Å²) in [4.78, 5) is 0. The van der Waals surface area contributed by atoms with Crippen molar-refractivity contribution in [2.24, 2.45) is 0 Å². The van der Waals surface area contributed by atoms with Gasteiger partial charge in [0.2, 0.25) is 0 Å². The molecule has 0 amide bonds. The Bertz CT molecular complexity index is 316. The van der Waals surface area contributed by atoms with Crippen molar-refractivity contribution in [2.45, 2.75) is 38.0 Å². The van der Waals surface area contributed by atoms with Crippen LogP contribution >= 0.6 is 0 Å². The minimum atomic E-state index is 0.230. The number of nitrogens with two attached hydrogens (primary N) is 1. The van der Waals surface area contributed by atoms with E-state index in [9.17, 15) is 5.11 Å². The van der Waals surface area contributed by atoms with Gasteiger partial charge in [0.05, 0.1) is 5.69 Å². The van der Waals surface area contributed by atoms with Crippen LogP contribution in [0.2, 0.25) is 0 Å². The highest BCUT2D eigenvalue weighted by molar-refractivity contribution is 5.58. The summed E-state index contributed by atoms with van der Waals surface area (Å²) < 4.78 is 0. The Morgan fingerprint density at radius 2 is 1.86 bits per heavy atom. The van der Waals surface area contributed by atoms with Gasteiger partial charge in [-0.25, -0.2) is 0 Å². The van der Waals surface area contributed by atoms with Crippen LogP contribution in [0, 0.1) is 0 Å². The highest BCUT2D eigenvalue weighted by atomic mass is 16.3. The molecule has 0 heterocycles. The van der Waals surface area contributed by atoms with Crippen molar-refractivity contribution in [3.05, 3.63) is 23.8 Å². The van der Waals surface area contributed by atoms with Crippen LogP contribution in [0.5, 0.6) is 5.75 Å². The molecule has 0 aromatic heterocycles. The standard InChI is InChI=1S/C12H17NO/c13-12-10(7-4-8-11(12)14)9-5-2-1-3-6-9/h4,7-9,14H,1-3,5-6,13H2. The van der Waals surface area contributed by atoms with Gasteiger partial charge in [0.25, 0.3) is 0 Å². The molecule has 76 valence electrons. The number of aromatic hydroxyl groups is 1. The summed E-state index contributed by atoms with van der Waals surface area (Å²) in [6.07, 6.45) is 6.36. The third-order valence-corrected chi connectivity index (χ3v) is 3.16. The van der Waals surface area contributed by atoms with Crippen LogP contribution in [-0.4, -0.2) is 5.11 Å². The van der Waals surface area contributed by atoms with E-state index in [1.165, 1.54) is 32.1 Å². The van der Waals surface area contributed by atoms with Gasteiger partial charge in [0, 0.05) is 0 Å². The van der Waals surface area contributed by atoms with Gasteiger partial charge in [-0.1, -0.05) is 31.4 Å². The molecule has 0 aliphatic heterocycles. The first-order valence-electron chi connectivity index (χ1n) is 5.36. The number of para-hydroxylation sites is 1. The van der Waals surface area contributed by atoms with Crippen molar-refractivity contribution in [1.82, 2.24) is 0 Å². The SMILES string of the molecule is Nc1c(O)cccc1C1CCCCC1. The van der Waals surface area contributed by atoms with E-state index >= 15 is 0 Å². The second kappa shape index (κ2) is 3.91. The fraction of sp³-hybridized carbons (Fsp3) is 0.500. The van der Waals surface area contributed by atoms with Crippen LogP contribution < -0.4 is 5.73 Å². The number of phenols is 1. The molecular formula is C12H17NO. The van der Waals surface area contributed by atoms with E-state index in [4.69, 9.17) is 5.73 Å². The largest absolute Gasteiger partial charge is 0.506 e. The number of phenolic OH excluding ortho intramolecular Hbond substituents is 1. The average molecular weight is 191 g/mol. The highest BCUT2D eigenvalue weighted by Gasteiger charge is 2.18. The van der Waals surface area contributed by atoms with Gasteiger partial charge in [-0.15, -0.1) is 0 Å². The van der Waals surface area contributed by atoms with Crippen LogP contribution in [0.4, 0.5) is 5.69 Å². The quantitative estimate of drug-likeness (QED) is 0.529. The average Bonchev–Trinajstić information content (AvgIpc) is 2.23. The predicted molar refractivity (Wildman–Crippen MR) is 58.3 cm³/mol. The first-order valence-corrected chi connectivity index (χ1v) is 5.36. The van der Waals surface area contributed by atoms with Gasteiger partial charge in [-0.3, -0.25) is 0 Å². The van der Waals surface area contributed by atoms with Gasteiger partial charge in [0.15, 0.2) is 0 Å². The monoisotopic (exact) mass is 191 g/mol. The van der Waals surface area contributed by atoms with Crippen LogP contribution in [0.3, 0.4) is 0 Å². The van der Waals surface area contributed by atoms with Gasteiger partial charge in [-0.2, -0.15) is 0 Å². The van der Waals surface area contributed by atoms with Crippen molar-refractivity contribution in [3.63, 3.8) is 0 Å². The van der Waals surface area contributed by atoms with Crippen molar-refractivity contribution < 1.29 is 5.11 Å². The topological polar surface area (TPSA) is 46.2 Å². The Hall–Kier alpha value is -1.18. The zero-order valence-electron chi connectivity index (χ0n) is 8.37. The molecule has 2 heteroatoms. The minimum Gasteiger partial charge on any atom is -0.506 e. The molecule has 0 bridgehead atoms. The van der Waals surface area contributed by atoms with Gasteiger partial charge >= 0.3 is 0 Å². The molecule has 14 heavy (non-hydrogen) atoms. The van der Waals surface area contributed by atoms with E-state index < -0.39 is 0 Å². The summed E-state index contributed by atoms with van der Waals surface area (Å²) in [6, 6.07) is 5.59. The Balaban J connectivity index is 2.26. The zero-order chi connectivity index (χ0) is 9.97. The second-order valence-corrected chi connectivity index (χ2v) is 4.11. The zero-order valence-corrected chi connectivity index (χ0v) is 8.37. The van der Waals surface area contributed by atoms with E-state index in [-0.39, 0.29) is 5.75 Å². The van der Waals surface area contributed by atoms with Gasteiger partial charge < -0.3 is 10.8 Å². The third-order valence-electron chi connectivity index (χ3n) is 3.16. The van der Waals surface area contributed by atoms with E-state index in [1.54, 1.807) is 6.07 Å². The summed E-state index contributed by atoms with van der Waals surface area (Å²) in [7, 11) is 0. The normalized spacial score (nSPS) is 18.3. The molecule has 1 saturated carbocycles. The lowest BCUT2D eigenvalue weighted by Gasteiger charge is -2.23. The molecule has 0 saturated heterocycles. The fourth-order valence-corrected chi connectivity index (χ4v) is 2.34. The number of rotatable bonds is 1. The number of hydrogen-bond donors (Lipinski definition) is 2. The number of benzene rings is 1. The lowest BCUT2D eigenvalue weighted by Crippen LogP contribution is -2.07. The molecule has 0 unspecified atom stereocenters. The Morgan fingerprint density at radius 1 is 1.14 bits per heavy atom. The van der Waals surface area contributed by atoms with E-state index in [0.717, 1.165) is 5.56 Å². The second-order valence-electron chi connectivity index (χ2n) is 4.11. The minimum absolute atomic E-state index is 0.230. The lowest BCUT2D eigenvalue weighted by molar-refractivity contribution is 0.440. The van der Waals surface area contributed by atoms with E-state index in [0.29, 0.717) is 11.6 Å². The van der Waals surface area contributed by atoms with E-state index in [2.05, 4.69) is 0 Å². The maximum Gasteiger partial charge on any atom is 0.138 e. The summed E-state index contributed by atoms with van der Waals surface area (Å²) >= 11 is 0. The van der Waals surface area contributed by atoms with Crippen molar-refractivity contribution >= 4 is 5.69 Å². The maximum atomic E-state index is 9.51. The number of nitrogen functional groups attached to an aromatic ring is 1. The first kappa shape index (κ1) is 9.38. The Labute approximate surface area is 84.7 Å². The molecule has 3 N–H and O–H groups in total. The third kappa shape index (κ3) is 1.69. The lowest BCUT2D eigenvalue weighted by atomic mass is 9.83. The summed E-state index contributed by atoms with van der Waals surface area (Å²) in [5, 5.41) is 9.51. The van der Waals surface area contributed by atoms with Crippen molar-refractivity contribution in [2.75, 3.05) is 5.73 Å². The molecule has 0 radical (unpaired) electrons. The molecule has 1 fully saturated rings. The molecule has 2 rings (SSSR count). The van der Waals surface area contributed by atoms with Gasteiger partial charge in [0.1, 0.15) is 5.75 Å². The van der Waals surface area contributed by atoms with Crippen molar-refractivity contribution in [1.29, 1.82) is 0 Å². The molecule has 2 nitrogen and oxygen atoms in total. The van der Waals surface area contributed by atoms with Crippen LogP contribution in [0.15, 0.2) is 18.2 Å². The Kier molecular flexibility index (Phi) is 2.62. The predicted octanol–water partition coefficient (Wildman–Crippen LogP) is 3.02. The van der Waals surface area contributed by atoms with Crippen LogP contribution in [0.1, 0.15) is 43.6 Å². The molecule has 0 atom stereocenters. The van der Waals surface area contributed by atoms with E-state index in [1.807, 2.05) is 12.1 Å². The van der Waals surface area contributed by atoms with Gasteiger partial charge in [-0.05, 0) is 30.4 Å². The summed E-state index contributed by atoms with van der Waals surface area (Å²) in [5.41, 5.74) is 7.59. The maximum absolute atomic E-state index is 9.51. The smallest absolute Gasteiger partial charge is 0.138 e. The van der Waals surface area contributed by atoms with Crippen LogP contribution in [-0.2, 0) is 0 Å². The molecular weight excluding hydrogens is 174 g/mol. The highest BCUT2D eigenvalue weighted by Crippen LogP contribution is 2.38. The summed E-state index contributed by atoms with van der Waals surface area (Å²) in [5.74, 6) is 0.795. The molecule has 1 aromatic rings. The number of anilines is 1. The molecule has 1 aliphatic carbocycles. The number of hydrogen-bond acceptors (Lipinski definition) is 2. The molecule has 1 aromatic carbocycles. The molecule has 0 spiro atoms.